The molecule has 2 heterocycles. The molecule has 2 aromatic carbocycles. The van der Waals surface area contributed by atoms with Crippen molar-refractivity contribution in [2.75, 3.05) is 12.0 Å². The summed E-state index contributed by atoms with van der Waals surface area (Å²) >= 11 is 0. The lowest BCUT2D eigenvalue weighted by Crippen LogP contribution is -2.37. The minimum atomic E-state index is -1.16. The number of benzene rings is 2. The number of furan rings is 1. The van der Waals surface area contributed by atoms with Gasteiger partial charge in [0.1, 0.15) is 11.9 Å². The second-order valence-corrected chi connectivity index (χ2v) is 7.83. The van der Waals surface area contributed by atoms with Crippen molar-refractivity contribution in [2.45, 2.75) is 37.5 Å². The van der Waals surface area contributed by atoms with Crippen molar-refractivity contribution in [3.05, 3.63) is 89.4 Å². The van der Waals surface area contributed by atoms with E-state index in [1.54, 1.807) is 11.0 Å². The molecule has 0 radical (unpaired) electrons. The van der Waals surface area contributed by atoms with Crippen LogP contribution in [0.5, 0.6) is 0 Å². The molecule has 0 spiro atoms. The summed E-state index contributed by atoms with van der Waals surface area (Å²) in [5.74, 6) is -1.01. The summed E-state index contributed by atoms with van der Waals surface area (Å²) in [6, 6.07) is 19.7. The van der Waals surface area contributed by atoms with Gasteiger partial charge in [-0.15, -0.1) is 0 Å². The summed E-state index contributed by atoms with van der Waals surface area (Å²) in [5.41, 5.74) is 2.50. The maximum Gasteiger partial charge on any atom is 0.371 e. The zero-order chi connectivity index (χ0) is 22.7. The molecule has 1 aromatic heterocycles. The van der Waals surface area contributed by atoms with Gasteiger partial charge in [0.2, 0.25) is 11.7 Å². The monoisotopic (exact) mass is 435 g/mol. The van der Waals surface area contributed by atoms with Crippen LogP contribution in [0.4, 0.5) is 5.69 Å². The molecule has 166 valence electrons. The Morgan fingerprint density at radius 3 is 2.47 bits per heavy atom. The van der Waals surface area contributed by atoms with Crippen molar-refractivity contribution < 1.29 is 29.0 Å². The molecule has 1 saturated heterocycles. The van der Waals surface area contributed by atoms with E-state index in [0.29, 0.717) is 30.7 Å². The predicted octanol–water partition coefficient (Wildman–Crippen LogP) is 4.14. The third kappa shape index (κ3) is 4.44. The van der Waals surface area contributed by atoms with E-state index in [2.05, 4.69) is 0 Å². The Bertz CT molecular complexity index is 1080. The number of aliphatic hydroxyl groups excluding tert-OH is 1. The van der Waals surface area contributed by atoms with E-state index in [-0.39, 0.29) is 17.7 Å². The van der Waals surface area contributed by atoms with E-state index < -0.39 is 18.2 Å². The summed E-state index contributed by atoms with van der Waals surface area (Å²) in [4.78, 5) is 25.5. The number of rotatable bonds is 8. The molecule has 32 heavy (non-hydrogen) atoms. The standard InChI is InChI=1S/C25H25NO6/c1-31-24(21-12-13-22(32-21)25(29)30)19-11-14-23(28)26(19)18-9-7-17(8-10-18)20(27)15-16-5-3-2-4-6-16/h2-10,12-13,19-20,24,27H,11,14-15H2,1H3,(H,29,30)/t19?,20?,24-/m1/s1. The topological polar surface area (TPSA) is 100 Å². The number of carbonyl (C=O) groups is 2. The van der Waals surface area contributed by atoms with Gasteiger partial charge in [0, 0.05) is 25.6 Å². The SMILES string of the molecule is CO[C@@H](c1ccc(C(=O)O)o1)C1CCC(=O)N1c1ccc(C(O)Cc2ccccc2)cc1. The fraction of sp³-hybridized carbons (Fsp3) is 0.280. The van der Waals surface area contributed by atoms with E-state index in [0.717, 1.165) is 11.1 Å². The predicted molar refractivity (Wildman–Crippen MR) is 117 cm³/mol. The molecule has 7 heteroatoms. The van der Waals surface area contributed by atoms with Crippen molar-refractivity contribution in [1.82, 2.24) is 0 Å². The van der Waals surface area contributed by atoms with Gasteiger partial charge in [-0.2, -0.15) is 0 Å². The second-order valence-electron chi connectivity index (χ2n) is 7.83. The highest BCUT2D eigenvalue weighted by atomic mass is 16.5. The molecule has 0 bridgehead atoms. The number of amides is 1. The number of aromatic carboxylic acids is 1. The summed E-state index contributed by atoms with van der Waals surface area (Å²) in [6.45, 7) is 0. The molecule has 2 N–H and O–H groups in total. The van der Waals surface area contributed by atoms with Crippen molar-refractivity contribution in [3.8, 4) is 0 Å². The molecule has 3 atom stereocenters. The lowest BCUT2D eigenvalue weighted by Gasteiger charge is -2.30. The Balaban J connectivity index is 1.54. The highest BCUT2D eigenvalue weighted by Gasteiger charge is 2.40. The molecular formula is C25H25NO6. The van der Waals surface area contributed by atoms with E-state index in [1.807, 2.05) is 54.6 Å². The normalized spacial score (nSPS) is 18.0. The zero-order valence-electron chi connectivity index (χ0n) is 17.7. The zero-order valence-corrected chi connectivity index (χ0v) is 17.7. The molecule has 1 fully saturated rings. The Morgan fingerprint density at radius 2 is 1.84 bits per heavy atom. The Hall–Kier alpha value is -3.42. The highest BCUT2D eigenvalue weighted by molar-refractivity contribution is 5.96. The van der Waals surface area contributed by atoms with Gasteiger partial charge in [0.05, 0.1) is 12.1 Å². The number of nitrogens with zero attached hydrogens (tertiary/aromatic N) is 1. The number of anilines is 1. The van der Waals surface area contributed by atoms with Gasteiger partial charge in [-0.1, -0.05) is 42.5 Å². The average molecular weight is 435 g/mol. The molecular weight excluding hydrogens is 410 g/mol. The fourth-order valence-electron chi connectivity index (χ4n) is 4.22. The van der Waals surface area contributed by atoms with Gasteiger partial charge in [0.15, 0.2) is 0 Å². The smallest absolute Gasteiger partial charge is 0.371 e. The minimum absolute atomic E-state index is 0.0420. The molecule has 4 rings (SSSR count). The van der Waals surface area contributed by atoms with Crippen LogP contribution in [0.15, 0.2) is 71.1 Å². The number of hydrogen-bond acceptors (Lipinski definition) is 5. The lowest BCUT2D eigenvalue weighted by atomic mass is 10.0. The van der Waals surface area contributed by atoms with Crippen molar-refractivity contribution in [1.29, 1.82) is 0 Å². The maximum atomic E-state index is 12.7. The second kappa shape index (κ2) is 9.38. The number of ether oxygens (including phenoxy) is 1. The molecule has 3 aromatic rings. The van der Waals surface area contributed by atoms with Crippen LogP contribution in [0.1, 0.15) is 52.5 Å². The Kier molecular flexibility index (Phi) is 6.39. The van der Waals surface area contributed by atoms with E-state index in [9.17, 15) is 14.7 Å². The fourth-order valence-corrected chi connectivity index (χ4v) is 4.22. The molecule has 7 nitrogen and oxygen atoms in total. The van der Waals surface area contributed by atoms with E-state index in [4.69, 9.17) is 14.3 Å². The first-order chi connectivity index (χ1) is 15.5. The molecule has 2 unspecified atom stereocenters. The minimum Gasteiger partial charge on any atom is -0.475 e. The number of methoxy groups -OCH3 is 1. The largest absolute Gasteiger partial charge is 0.475 e. The Morgan fingerprint density at radius 1 is 1.12 bits per heavy atom. The van der Waals surface area contributed by atoms with Gasteiger partial charge < -0.3 is 24.3 Å². The summed E-state index contributed by atoms with van der Waals surface area (Å²) < 4.78 is 11.1. The van der Waals surface area contributed by atoms with Crippen LogP contribution >= 0.6 is 0 Å². The Labute approximate surface area is 185 Å². The summed E-state index contributed by atoms with van der Waals surface area (Å²) in [6.07, 6.45) is 0.161. The van der Waals surface area contributed by atoms with Gasteiger partial charge in [-0.3, -0.25) is 4.79 Å². The number of carboxylic acids is 1. The number of carbonyl (C=O) groups excluding carboxylic acids is 1. The molecule has 1 aliphatic rings. The number of aliphatic hydroxyl groups is 1. The first-order valence-corrected chi connectivity index (χ1v) is 10.5. The van der Waals surface area contributed by atoms with Gasteiger partial charge in [-0.25, -0.2) is 4.79 Å². The van der Waals surface area contributed by atoms with Gasteiger partial charge in [0.25, 0.3) is 0 Å². The third-order valence-electron chi connectivity index (χ3n) is 5.80. The first-order valence-electron chi connectivity index (χ1n) is 10.5. The lowest BCUT2D eigenvalue weighted by molar-refractivity contribution is -0.117. The van der Waals surface area contributed by atoms with Crippen molar-refractivity contribution >= 4 is 17.6 Å². The van der Waals surface area contributed by atoms with Crippen LogP contribution in [-0.4, -0.2) is 35.2 Å². The van der Waals surface area contributed by atoms with Crippen molar-refractivity contribution in [3.63, 3.8) is 0 Å². The van der Waals surface area contributed by atoms with Crippen LogP contribution < -0.4 is 4.90 Å². The third-order valence-corrected chi connectivity index (χ3v) is 5.80. The van der Waals surface area contributed by atoms with Crippen LogP contribution in [0, 0.1) is 0 Å². The molecule has 1 amide bonds. The van der Waals surface area contributed by atoms with Crippen molar-refractivity contribution in [2.24, 2.45) is 0 Å². The molecule has 0 saturated carbocycles. The molecule has 1 aliphatic heterocycles. The maximum absolute atomic E-state index is 12.7. The highest BCUT2D eigenvalue weighted by Crippen LogP contribution is 2.37. The quantitative estimate of drug-likeness (QED) is 0.552. The van der Waals surface area contributed by atoms with Crippen LogP contribution in [0.3, 0.4) is 0 Å². The van der Waals surface area contributed by atoms with E-state index >= 15 is 0 Å². The van der Waals surface area contributed by atoms with Crippen LogP contribution in [-0.2, 0) is 16.0 Å². The number of carboxylic acid groups (broad SMARTS) is 1. The average Bonchev–Trinajstić information content (AvgIpc) is 3.43. The summed E-state index contributed by atoms with van der Waals surface area (Å²) in [7, 11) is 1.51. The summed E-state index contributed by atoms with van der Waals surface area (Å²) in [5, 5.41) is 19.7. The van der Waals surface area contributed by atoms with Gasteiger partial charge >= 0.3 is 5.97 Å². The first kappa shape index (κ1) is 21.8. The van der Waals surface area contributed by atoms with Crippen LogP contribution in [0.25, 0.3) is 0 Å². The number of hydrogen-bond donors (Lipinski definition) is 2. The molecule has 0 aliphatic carbocycles. The van der Waals surface area contributed by atoms with Crippen LogP contribution in [0.2, 0.25) is 0 Å². The van der Waals surface area contributed by atoms with Gasteiger partial charge in [-0.05, 0) is 41.8 Å². The van der Waals surface area contributed by atoms with E-state index in [1.165, 1.54) is 13.2 Å².